The van der Waals surface area contributed by atoms with Gasteiger partial charge in [-0.05, 0) is 26.7 Å². The Kier molecular flexibility index (Phi) is 5.26. The molecule has 0 heterocycles. The lowest BCUT2D eigenvalue weighted by atomic mass is 9.79. The summed E-state index contributed by atoms with van der Waals surface area (Å²) in [5.41, 5.74) is 5.66. The minimum atomic E-state index is -0.247. The van der Waals surface area contributed by atoms with E-state index in [1.165, 1.54) is 12.8 Å². The Labute approximate surface area is 99.4 Å². The molecule has 0 atom stereocenters. The summed E-state index contributed by atoms with van der Waals surface area (Å²) >= 11 is 0. The molecule has 0 aromatic carbocycles. The summed E-state index contributed by atoms with van der Waals surface area (Å²) in [5, 5.41) is 0. The summed E-state index contributed by atoms with van der Waals surface area (Å²) in [5.74, 6) is 0.293. The molecular weight excluding hydrogens is 200 g/mol. The van der Waals surface area contributed by atoms with Gasteiger partial charge in [-0.1, -0.05) is 25.7 Å². The van der Waals surface area contributed by atoms with Crippen LogP contribution in [0.15, 0.2) is 0 Å². The predicted octanol–water partition coefficient (Wildman–Crippen LogP) is 2.15. The fourth-order valence-corrected chi connectivity index (χ4v) is 2.76. The van der Waals surface area contributed by atoms with Gasteiger partial charge in [0.05, 0.1) is 5.41 Å². The number of hydrogen-bond donors (Lipinski definition) is 1. The normalized spacial score (nSPS) is 20.2. The minimum absolute atomic E-state index is 0.247. The summed E-state index contributed by atoms with van der Waals surface area (Å²) in [6.07, 6.45) is 6.80. The van der Waals surface area contributed by atoms with Crippen LogP contribution in [-0.2, 0) is 4.79 Å². The van der Waals surface area contributed by atoms with E-state index < -0.39 is 0 Å². The second kappa shape index (κ2) is 6.24. The molecule has 1 amide bonds. The van der Waals surface area contributed by atoms with Crippen LogP contribution >= 0.6 is 0 Å². The van der Waals surface area contributed by atoms with E-state index in [-0.39, 0.29) is 5.41 Å². The zero-order valence-electron chi connectivity index (χ0n) is 10.8. The first-order valence-corrected chi connectivity index (χ1v) is 6.69. The Bertz CT molecular complexity index is 216. The van der Waals surface area contributed by atoms with Crippen LogP contribution in [-0.4, -0.2) is 30.4 Å². The van der Waals surface area contributed by atoms with Crippen LogP contribution in [0.5, 0.6) is 0 Å². The molecular formula is C13H26N2O. The maximum atomic E-state index is 12.5. The van der Waals surface area contributed by atoms with Gasteiger partial charge in [0.1, 0.15) is 0 Å². The van der Waals surface area contributed by atoms with Gasteiger partial charge in [0.2, 0.25) is 5.91 Å². The van der Waals surface area contributed by atoms with Crippen LogP contribution in [0, 0.1) is 5.41 Å². The van der Waals surface area contributed by atoms with Gasteiger partial charge in [-0.3, -0.25) is 4.79 Å². The second-order valence-corrected chi connectivity index (χ2v) is 4.88. The number of rotatable bonds is 4. The Morgan fingerprint density at radius 1 is 1.12 bits per heavy atom. The average molecular weight is 226 g/mol. The molecule has 1 aliphatic rings. The van der Waals surface area contributed by atoms with Gasteiger partial charge in [0.15, 0.2) is 0 Å². The van der Waals surface area contributed by atoms with Crippen molar-refractivity contribution in [1.29, 1.82) is 0 Å². The summed E-state index contributed by atoms with van der Waals surface area (Å²) in [4.78, 5) is 14.5. The van der Waals surface area contributed by atoms with E-state index in [2.05, 4.69) is 0 Å². The third-order valence-corrected chi connectivity index (χ3v) is 3.96. The number of nitrogens with two attached hydrogens (primary N) is 1. The highest BCUT2D eigenvalue weighted by molar-refractivity contribution is 5.83. The number of hydrogen-bond acceptors (Lipinski definition) is 2. The lowest BCUT2D eigenvalue weighted by Gasteiger charge is -2.35. The van der Waals surface area contributed by atoms with Gasteiger partial charge >= 0.3 is 0 Å². The first-order valence-electron chi connectivity index (χ1n) is 6.69. The highest BCUT2D eigenvalue weighted by Crippen LogP contribution is 2.35. The van der Waals surface area contributed by atoms with Crippen LogP contribution in [0.3, 0.4) is 0 Å². The summed E-state index contributed by atoms with van der Waals surface area (Å²) in [6, 6.07) is 0. The van der Waals surface area contributed by atoms with Crippen molar-refractivity contribution in [2.45, 2.75) is 52.4 Å². The molecule has 0 bridgehead atoms. The van der Waals surface area contributed by atoms with Crippen molar-refractivity contribution in [2.24, 2.45) is 11.1 Å². The van der Waals surface area contributed by atoms with Crippen molar-refractivity contribution in [3.05, 3.63) is 0 Å². The smallest absolute Gasteiger partial charge is 0.230 e. The topological polar surface area (TPSA) is 46.3 Å². The van der Waals surface area contributed by atoms with Gasteiger partial charge < -0.3 is 10.6 Å². The molecule has 0 saturated heterocycles. The van der Waals surface area contributed by atoms with E-state index in [0.29, 0.717) is 12.5 Å². The first-order chi connectivity index (χ1) is 7.70. The molecule has 3 heteroatoms. The van der Waals surface area contributed by atoms with Crippen molar-refractivity contribution >= 4 is 5.91 Å². The molecule has 0 unspecified atom stereocenters. The van der Waals surface area contributed by atoms with Gasteiger partial charge in [0, 0.05) is 19.6 Å². The van der Waals surface area contributed by atoms with Crippen molar-refractivity contribution in [1.82, 2.24) is 4.90 Å². The third kappa shape index (κ3) is 2.76. The van der Waals surface area contributed by atoms with Crippen LogP contribution in [0.4, 0.5) is 0 Å². The standard InChI is InChI=1S/C13H26N2O/c1-3-15(4-2)12(16)13(11-14)9-7-5-6-8-10-13/h3-11,14H2,1-2H3. The van der Waals surface area contributed by atoms with Gasteiger partial charge in [-0.25, -0.2) is 0 Å². The molecule has 2 N–H and O–H groups in total. The first kappa shape index (κ1) is 13.5. The predicted molar refractivity (Wildman–Crippen MR) is 67.1 cm³/mol. The summed E-state index contributed by atoms with van der Waals surface area (Å²) in [6.45, 7) is 6.21. The van der Waals surface area contributed by atoms with E-state index in [0.717, 1.165) is 38.8 Å². The van der Waals surface area contributed by atoms with Crippen LogP contribution in [0.1, 0.15) is 52.4 Å². The van der Waals surface area contributed by atoms with Crippen molar-refractivity contribution in [2.75, 3.05) is 19.6 Å². The highest BCUT2D eigenvalue weighted by atomic mass is 16.2. The average Bonchev–Trinajstić information content (AvgIpc) is 2.56. The zero-order valence-corrected chi connectivity index (χ0v) is 10.8. The zero-order chi connectivity index (χ0) is 12.0. The number of carbonyl (C=O) groups excluding carboxylic acids is 1. The molecule has 3 nitrogen and oxygen atoms in total. The summed E-state index contributed by atoms with van der Waals surface area (Å²) < 4.78 is 0. The monoisotopic (exact) mass is 226 g/mol. The SMILES string of the molecule is CCN(CC)C(=O)C1(CN)CCCCCC1. The molecule has 94 valence electrons. The van der Waals surface area contributed by atoms with Crippen LogP contribution < -0.4 is 5.73 Å². The van der Waals surface area contributed by atoms with Crippen LogP contribution in [0.2, 0.25) is 0 Å². The maximum Gasteiger partial charge on any atom is 0.230 e. The third-order valence-electron chi connectivity index (χ3n) is 3.96. The van der Waals surface area contributed by atoms with Gasteiger partial charge in [-0.2, -0.15) is 0 Å². The fraction of sp³-hybridized carbons (Fsp3) is 0.923. The highest BCUT2D eigenvalue weighted by Gasteiger charge is 2.39. The molecule has 0 aromatic heterocycles. The van der Waals surface area contributed by atoms with E-state index in [9.17, 15) is 4.79 Å². The molecule has 0 spiro atoms. The largest absolute Gasteiger partial charge is 0.343 e. The Balaban J connectivity index is 2.80. The lowest BCUT2D eigenvalue weighted by molar-refractivity contribution is -0.142. The molecule has 0 aliphatic heterocycles. The number of carbonyl (C=O) groups is 1. The molecule has 0 radical (unpaired) electrons. The van der Waals surface area contributed by atoms with Gasteiger partial charge in [-0.15, -0.1) is 0 Å². The fourth-order valence-electron chi connectivity index (χ4n) is 2.76. The van der Waals surface area contributed by atoms with Crippen molar-refractivity contribution < 1.29 is 4.79 Å². The Hall–Kier alpha value is -0.570. The van der Waals surface area contributed by atoms with Crippen molar-refractivity contribution in [3.63, 3.8) is 0 Å². The molecule has 1 aliphatic carbocycles. The van der Waals surface area contributed by atoms with E-state index in [1.807, 2.05) is 18.7 Å². The van der Waals surface area contributed by atoms with E-state index in [1.54, 1.807) is 0 Å². The molecule has 1 rings (SSSR count). The Morgan fingerprint density at radius 2 is 1.62 bits per heavy atom. The second-order valence-electron chi connectivity index (χ2n) is 4.88. The molecule has 1 saturated carbocycles. The van der Waals surface area contributed by atoms with E-state index >= 15 is 0 Å². The molecule has 1 fully saturated rings. The Morgan fingerprint density at radius 3 is 2.00 bits per heavy atom. The summed E-state index contributed by atoms with van der Waals surface area (Å²) in [7, 11) is 0. The number of amides is 1. The van der Waals surface area contributed by atoms with Crippen molar-refractivity contribution in [3.8, 4) is 0 Å². The minimum Gasteiger partial charge on any atom is -0.343 e. The van der Waals surface area contributed by atoms with Crippen LogP contribution in [0.25, 0.3) is 0 Å². The maximum absolute atomic E-state index is 12.5. The van der Waals surface area contributed by atoms with E-state index in [4.69, 9.17) is 5.73 Å². The lowest BCUT2D eigenvalue weighted by Crippen LogP contribution is -2.47. The molecule has 16 heavy (non-hydrogen) atoms. The number of nitrogens with zero attached hydrogens (tertiary/aromatic N) is 1. The quantitative estimate of drug-likeness (QED) is 0.747. The van der Waals surface area contributed by atoms with Gasteiger partial charge in [0.25, 0.3) is 0 Å². The molecule has 0 aromatic rings.